The predicted molar refractivity (Wildman–Crippen MR) is 60.8 cm³/mol. The van der Waals surface area contributed by atoms with Gasteiger partial charge in [0, 0.05) is 6.42 Å². The molecule has 1 rings (SSSR count). The highest BCUT2D eigenvalue weighted by Gasteiger charge is 2.13. The molecule has 0 N–H and O–H groups in total. The van der Waals surface area contributed by atoms with Crippen LogP contribution in [0.3, 0.4) is 0 Å². The third-order valence-electron chi connectivity index (χ3n) is 2.61. The third kappa shape index (κ3) is 4.64. The molecule has 0 fully saturated rings. The van der Waals surface area contributed by atoms with E-state index in [1.54, 1.807) is 0 Å². The molecule has 0 saturated heterocycles. The number of nitrogens with zero attached hydrogens (tertiary/aromatic N) is 1. The van der Waals surface area contributed by atoms with Crippen LogP contribution in [0.25, 0.3) is 0 Å². The van der Waals surface area contributed by atoms with Crippen LogP contribution in [0.15, 0.2) is 4.99 Å². The van der Waals surface area contributed by atoms with Crippen LogP contribution >= 0.6 is 0 Å². The normalized spacial score (nSPS) is 20.7. The largest absolute Gasteiger partial charge is 0.476 e. The molecule has 0 aromatic carbocycles. The fourth-order valence-electron chi connectivity index (χ4n) is 1.73. The van der Waals surface area contributed by atoms with Crippen LogP contribution < -0.4 is 0 Å². The maximum Gasteiger partial charge on any atom is 0.183 e. The molecule has 2 nitrogen and oxygen atoms in total. The predicted octanol–water partition coefficient (Wildman–Crippen LogP) is 3.55. The zero-order chi connectivity index (χ0) is 10.2. The fraction of sp³-hybridized carbons (Fsp3) is 0.917. The molecule has 0 radical (unpaired) electrons. The number of hydrogen-bond donors (Lipinski definition) is 0. The molecule has 0 aromatic heterocycles. The van der Waals surface area contributed by atoms with Gasteiger partial charge in [0.25, 0.3) is 0 Å². The first kappa shape index (κ1) is 11.5. The quantitative estimate of drug-likeness (QED) is 0.572. The van der Waals surface area contributed by atoms with Crippen molar-refractivity contribution in [2.45, 2.75) is 64.9 Å². The van der Waals surface area contributed by atoms with Crippen LogP contribution in [0, 0.1) is 0 Å². The van der Waals surface area contributed by atoms with Gasteiger partial charge in [-0.15, -0.1) is 0 Å². The molecule has 0 aliphatic carbocycles. The van der Waals surface area contributed by atoms with Crippen LogP contribution in [0.1, 0.15) is 58.8 Å². The van der Waals surface area contributed by atoms with Crippen LogP contribution in [0.5, 0.6) is 0 Å². The van der Waals surface area contributed by atoms with Gasteiger partial charge in [0.2, 0.25) is 0 Å². The van der Waals surface area contributed by atoms with Crippen molar-refractivity contribution in [2.75, 3.05) is 6.54 Å². The Morgan fingerprint density at radius 3 is 2.57 bits per heavy atom. The summed E-state index contributed by atoms with van der Waals surface area (Å²) in [6, 6.07) is 0. The molecule has 82 valence electrons. The molecule has 2 heteroatoms. The second-order valence-electron chi connectivity index (χ2n) is 4.18. The zero-order valence-electron chi connectivity index (χ0n) is 9.59. The van der Waals surface area contributed by atoms with Crippen molar-refractivity contribution >= 4 is 5.90 Å². The Labute approximate surface area is 87.8 Å². The highest BCUT2D eigenvalue weighted by Crippen LogP contribution is 2.11. The van der Waals surface area contributed by atoms with E-state index in [0.717, 1.165) is 18.9 Å². The lowest BCUT2D eigenvalue weighted by atomic mass is 10.1. The second-order valence-corrected chi connectivity index (χ2v) is 4.18. The number of rotatable bonds is 7. The van der Waals surface area contributed by atoms with Crippen molar-refractivity contribution < 1.29 is 4.74 Å². The van der Waals surface area contributed by atoms with E-state index in [4.69, 9.17) is 4.74 Å². The lowest BCUT2D eigenvalue weighted by Gasteiger charge is -2.05. The lowest BCUT2D eigenvalue weighted by Crippen LogP contribution is -2.07. The minimum Gasteiger partial charge on any atom is -0.476 e. The van der Waals surface area contributed by atoms with Crippen molar-refractivity contribution in [2.24, 2.45) is 4.99 Å². The molecular weight excluding hydrogens is 174 g/mol. The Kier molecular flexibility index (Phi) is 5.65. The minimum atomic E-state index is 0.324. The van der Waals surface area contributed by atoms with E-state index in [9.17, 15) is 0 Å². The molecule has 1 unspecified atom stereocenters. The molecule has 1 aliphatic heterocycles. The summed E-state index contributed by atoms with van der Waals surface area (Å²) in [4.78, 5) is 4.35. The van der Waals surface area contributed by atoms with E-state index >= 15 is 0 Å². The monoisotopic (exact) mass is 197 g/mol. The van der Waals surface area contributed by atoms with Gasteiger partial charge in [-0.25, -0.2) is 0 Å². The Hall–Kier alpha value is -0.530. The van der Waals surface area contributed by atoms with Crippen LogP contribution in [-0.4, -0.2) is 18.5 Å². The van der Waals surface area contributed by atoms with Gasteiger partial charge >= 0.3 is 0 Å². The fourth-order valence-corrected chi connectivity index (χ4v) is 1.73. The van der Waals surface area contributed by atoms with Crippen LogP contribution in [0.2, 0.25) is 0 Å². The highest BCUT2D eigenvalue weighted by molar-refractivity contribution is 5.77. The van der Waals surface area contributed by atoms with Gasteiger partial charge in [-0.3, -0.25) is 4.99 Å². The minimum absolute atomic E-state index is 0.324. The number of aliphatic imine (C=N–C) groups is 1. The summed E-state index contributed by atoms with van der Waals surface area (Å²) in [6.45, 7) is 5.20. The lowest BCUT2D eigenvalue weighted by molar-refractivity contribution is 0.238. The first-order chi connectivity index (χ1) is 6.83. The smallest absolute Gasteiger partial charge is 0.183 e. The highest BCUT2D eigenvalue weighted by atomic mass is 16.5. The average Bonchev–Trinajstić information content (AvgIpc) is 2.58. The van der Waals surface area contributed by atoms with Gasteiger partial charge in [-0.1, -0.05) is 39.0 Å². The molecular formula is C12H23NO. The molecule has 1 heterocycles. The average molecular weight is 197 g/mol. The van der Waals surface area contributed by atoms with Gasteiger partial charge in [-0.2, -0.15) is 0 Å². The van der Waals surface area contributed by atoms with Gasteiger partial charge in [0.15, 0.2) is 5.90 Å². The molecule has 0 aromatic rings. The van der Waals surface area contributed by atoms with Gasteiger partial charge in [0.1, 0.15) is 6.10 Å². The number of ether oxygens (including phenoxy) is 1. The topological polar surface area (TPSA) is 21.6 Å². The summed E-state index contributed by atoms with van der Waals surface area (Å²) in [6.07, 6.45) is 9.42. The van der Waals surface area contributed by atoms with Crippen molar-refractivity contribution in [3.05, 3.63) is 0 Å². The molecule has 0 spiro atoms. The van der Waals surface area contributed by atoms with Crippen molar-refractivity contribution in [3.63, 3.8) is 0 Å². The first-order valence-electron chi connectivity index (χ1n) is 6.03. The Morgan fingerprint density at radius 1 is 1.21 bits per heavy atom. The molecule has 1 aliphatic rings. The summed E-state index contributed by atoms with van der Waals surface area (Å²) in [7, 11) is 0. The van der Waals surface area contributed by atoms with E-state index in [-0.39, 0.29) is 0 Å². The van der Waals surface area contributed by atoms with Gasteiger partial charge in [-0.05, 0) is 13.3 Å². The van der Waals surface area contributed by atoms with Gasteiger partial charge < -0.3 is 4.74 Å². The summed E-state index contributed by atoms with van der Waals surface area (Å²) in [5, 5.41) is 0. The summed E-state index contributed by atoms with van der Waals surface area (Å²) in [5.74, 6) is 0.994. The van der Waals surface area contributed by atoms with Gasteiger partial charge in [0.05, 0.1) is 6.54 Å². The Balaban J connectivity index is 1.89. The molecule has 0 saturated carbocycles. The Morgan fingerprint density at radius 2 is 1.93 bits per heavy atom. The maximum absolute atomic E-state index is 5.54. The Bertz CT molecular complexity index is 177. The second kappa shape index (κ2) is 6.86. The van der Waals surface area contributed by atoms with Crippen LogP contribution in [0.4, 0.5) is 0 Å². The number of hydrogen-bond acceptors (Lipinski definition) is 2. The van der Waals surface area contributed by atoms with Crippen molar-refractivity contribution in [1.29, 1.82) is 0 Å². The first-order valence-corrected chi connectivity index (χ1v) is 6.03. The van der Waals surface area contributed by atoms with Crippen molar-refractivity contribution in [3.8, 4) is 0 Å². The van der Waals surface area contributed by atoms with E-state index in [0.29, 0.717) is 6.10 Å². The summed E-state index contributed by atoms with van der Waals surface area (Å²) >= 11 is 0. The SMILES string of the molecule is CCCCCCCCC1=NCC(C)O1. The van der Waals surface area contributed by atoms with Crippen LogP contribution in [-0.2, 0) is 4.74 Å². The van der Waals surface area contributed by atoms with E-state index in [1.165, 1.54) is 38.5 Å². The summed E-state index contributed by atoms with van der Waals surface area (Å²) < 4.78 is 5.54. The number of unbranched alkanes of at least 4 members (excludes halogenated alkanes) is 5. The van der Waals surface area contributed by atoms with E-state index in [1.807, 2.05) is 0 Å². The molecule has 0 amide bonds. The third-order valence-corrected chi connectivity index (χ3v) is 2.61. The van der Waals surface area contributed by atoms with E-state index < -0.39 is 0 Å². The van der Waals surface area contributed by atoms with Crippen molar-refractivity contribution in [1.82, 2.24) is 0 Å². The molecule has 0 bridgehead atoms. The summed E-state index contributed by atoms with van der Waals surface area (Å²) in [5.41, 5.74) is 0. The molecule has 1 atom stereocenters. The van der Waals surface area contributed by atoms with E-state index in [2.05, 4.69) is 18.8 Å². The molecule has 14 heavy (non-hydrogen) atoms. The zero-order valence-corrected chi connectivity index (χ0v) is 9.59. The standard InChI is InChI=1S/C12H23NO/c1-3-4-5-6-7-8-9-12-13-10-11(2)14-12/h11H,3-10H2,1-2H3. The maximum atomic E-state index is 5.54.